The Morgan fingerprint density at radius 3 is 2.50 bits per heavy atom. The summed E-state index contributed by atoms with van der Waals surface area (Å²) in [4.78, 5) is 6.53. The molecule has 1 aliphatic rings. The van der Waals surface area contributed by atoms with E-state index in [1.54, 1.807) is 0 Å². The van der Waals surface area contributed by atoms with Crippen LogP contribution in [0.2, 0.25) is 0 Å². The van der Waals surface area contributed by atoms with Gasteiger partial charge in [0.2, 0.25) is 0 Å². The molecule has 2 heterocycles. The Morgan fingerprint density at radius 2 is 1.81 bits per heavy atom. The molecule has 1 aromatic carbocycles. The van der Waals surface area contributed by atoms with Crippen molar-refractivity contribution in [1.82, 2.24) is 4.98 Å². The van der Waals surface area contributed by atoms with E-state index in [-0.39, 0.29) is 5.41 Å². The van der Waals surface area contributed by atoms with Crippen LogP contribution in [0, 0.1) is 0 Å². The van der Waals surface area contributed by atoms with Gasteiger partial charge in [-0.3, -0.25) is 0 Å². The molecule has 0 fully saturated rings. The van der Waals surface area contributed by atoms with Crippen LogP contribution in [-0.4, -0.2) is 9.19 Å². The number of rotatable bonds is 2. The van der Waals surface area contributed by atoms with Gasteiger partial charge in [-0.15, -0.1) is 11.3 Å². The second kappa shape index (κ2) is 6.46. The number of thiophene rings is 1. The first-order valence-electron chi connectivity index (χ1n) is 9.07. The quantitative estimate of drug-likeness (QED) is 0.659. The van der Waals surface area contributed by atoms with Gasteiger partial charge in [0.25, 0.3) is 0 Å². The zero-order valence-electron chi connectivity index (χ0n) is 15.5. The van der Waals surface area contributed by atoms with Crippen LogP contribution in [-0.2, 0) is 29.1 Å². The molecule has 0 unspecified atom stereocenters. The highest BCUT2D eigenvalue weighted by Crippen LogP contribution is 2.39. The maximum Gasteiger partial charge on any atom is 0.126 e. The molecule has 4 rings (SSSR count). The van der Waals surface area contributed by atoms with Gasteiger partial charge in [0.05, 0.1) is 16.5 Å². The number of nitrogens with two attached hydrogens (primary N) is 1. The summed E-state index contributed by atoms with van der Waals surface area (Å²) in [6.45, 7) is 6.53. The minimum absolute atomic E-state index is 0.0830. The summed E-state index contributed by atoms with van der Waals surface area (Å²) in [5.74, 6) is 0. The number of benzene rings is 1. The second-order valence-electron chi connectivity index (χ2n) is 8.00. The summed E-state index contributed by atoms with van der Waals surface area (Å²) in [7, 11) is -1.27. The molecule has 0 aliphatic heterocycles. The Labute approximate surface area is 161 Å². The lowest BCUT2D eigenvalue weighted by Gasteiger charge is -2.18. The summed E-state index contributed by atoms with van der Waals surface area (Å²) in [6, 6.07) is 10.2. The van der Waals surface area contributed by atoms with E-state index < -0.39 is 10.8 Å². The third-order valence-corrected chi connectivity index (χ3v) is 7.94. The number of aryl methyl sites for hydroxylation is 2. The van der Waals surface area contributed by atoms with Gasteiger partial charge < -0.3 is 5.73 Å². The van der Waals surface area contributed by atoms with Gasteiger partial charge in [-0.05, 0) is 60.4 Å². The van der Waals surface area contributed by atoms with Crippen molar-refractivity contribution in [3.63, 3.8) is 0 Å². The van der Waals surface area contributed by atoms with Crippen molar-refractivity contribution in [3.8, 4) is 0 Å². The topological polar surface area (TPSA) is 56.0 Å². The maximum atomic E-state index is 13.1. The van der Waals surface area contributed by atoms with Crippen LogP contribution in [0.25, 0.3) is 10.2 Å². The third kappa shape index (κ3) is 3.08. The molecule has 0 bridgehead atoms. The highest BCUT2D eigenvalue weighted by atomic mass is 32.2. The molecule has 136 valence electrons. The Bertz CT molecular complexity index is 998. The van der Waals surface area contributed by atoms with E-state index in [0.717, 1.165) is 32.2 Å². The Morgan fingerprint density at radius 1 is 1.12 bits per heavy atom. The van der Waals surface area contributed by atoms with E-state index in [2.05, 4.69) is 39.0 Å². The molecule has 3 nitrogen and oxygen atoms in total. The van der Waals surface area contributed by atoms with Crippen molar-refractivity contribution in [2.45, 2.75) is 61.0 Å². The predicted molar refractivity (Wildman–Crippen MR) is 110 cm³/mol. The van der Waals surface area contributed by atoms with Crippen molar-refractivity contribution in [2.75, 3.05) is 5.73 Å². The van der Waals surface area contributed by atoms with Crippen LogP contribution in [0.5, 0.6) is 0 Å². The van der Waals surface area contributed by atoms with Crippen LogP contribution in [0.3, 0.4) is 0 Å². The Kier molecular flexibility index (Phi) is 4.40. The standard InChI is InChI=1S/C21H24N2OS2/c1-21(2,3)14-8-10-15(11-9-14)26(24)20-18(22)16-12-13-6-4-5-7-17(13)23-19(16)25-20/h8-12H,4-7,22H2,1-3H3/t26-/m0/s1. The van der Waals surface area contributed by atoms with Gasteiger partial charge in [-0.1, -0.05) is 32.9 Å². The van der Waals surface area contributed by atoms with E-state index in [1.165, 1.54) is 41.0 Å². The molecule has 0 saturated carbocycles. The first-order valence-corrected chi connectivity index (χ1v) is 11.0. The second-order valence-corrected chi connectivity index (χ2v) is 10.7. The van der Waals surface area contributed by atoms with E-state index in [9.17, 15) is 4.21 Å². The molecule has 0 spiro atoms. The zero-order valence-corrected chi connectivity index (χ0v) is 17.1. The maximum absolute atomic E-state index is 13.1. The lowest BCUT2D eigenvalue weighted by atomic mass is 9.87. The first kappa shape index (κ1) is 17.7. The number of nitrogen functional groups attached to an aromatic ring is 1. The molecule has 0 saturated heterocycles. The van der Waals surface area contributed by atoms with Crippen molar-refractivity contribution >= 4 is 38.0 Å². The summed E-state index contributed by atoms with van der Waals surface area (Å²) in [5, 5.41) is 0.963. The van der Waals surface area contributed by atoms with Crippen LogP contribution in [0.15, 0.2) is 39.4 Å². The lowest BCUT2D eigenvalue weighted by molar-refractivity contribution is 0.589. The molecule has 0 radical (unpaired) electrons. The summed E-state index contributed by atoms with van der Waals surface area (Å²) < 4.78 is 13.9. The number of hydrogen-bond acceptors (Lipinski definition) is 4. The third-order valence-electron chi connectivity index (χ3n) is 5.07. The molecule has 1 atom stereocenters. The SMILES string of the molecule is CC(C)(C)c1ccc([S@](=O)c2sc3nc4c(cc3c2N)CCCC4)cc1. The number of fused-ring (bicyclic) bond motifs is 2. The average molecular weight is 385 g/mol. The number of hydrogen-bond donors (Lipinski definition) is 1. The van der Waals surface area contributed by atoms with Gasteiger partial charge in [0, 0.05) is 16.0 Å². The van der Waals surface area contributed by atoms with Gasteiger partial charge in [0.1, 0.15) is 9.04 Å². The smallest absolute Gasteiger partial charge is 0.126 e. The average Bonchev–Trinajstić information content (AvgIpc) is 2.94. The van der Waals surface area contributed by atoms with Crippen LogP contribution >= 0.6 is 11.3 Å². The molecular formula is C21H24N2OS2. The normalized spacial score (nSPS) is 15.8. The Hall–Kier alpha value is -1.72. The molecule has 26 heavy (non-hydrogen) atoms. The van der Waals surface area contributed by atoms with Crippen LogP contribution < -0.4 is 5.73 Å². The number of aromatic nitrogens is 1. The largest absolute Gasteiger partial charge is 0.396 e. The van der Waals surface area contributed by atoms with E-state index >= 15 is 0 Å². The fourth-order valence-corrected chi connectivity index (χ4v) is 6.03. The van der Waals surface area contributed by atoms with Crippen LogP contribution in [0.4, 0.5) is 5.69 Å². The van der Waals surface area contributed by atoms with Crippen LogP contribution in [0.1, 0.15) is 50.4 Å². The van der Waals surface area contributed by atoms with Crippen molar-refractivity contribution in [1.29, 1.82) is 0 Å². The molecule has 5 heteroatoms. The molecule has 2 N–H and O–H groups in total. The van der Waals surface area contributed by atoms with E-state index in [4.69, 9.17) is 10.7 Å². The zero-order chi connectivity index (χ0) is 18.5. The molecular weight excluding hydrogens is 360 g/mol. The Balaban J connectivity index is 1.74. The molecule has 1 aliphatic carbocycles. The minimum atomic E-state index is -1.27. The van der Waals surface area contributed by atoms with Gasteiger partial charge in [-0.2, -0.15) is 0 Å². The van der Waals surface area contributed by atoms with Gasteiger partial charge in [0.15, 0.2) is 0 Å². The first-order chi connectivity index (χ1) is 12.3. The summed E-state index contributed by atoms with van der Waals surface area (Å²) >= 11 is 1.47. The van der Waals surface area contributed by atoms with Gasteiger partial charge in [-0.25, -0.2) is 9.19 Å². The fourth-order valence-electron chi connectivity index (χ4n) is 3.46. The number of anilines is 1. The van der Waals surface area contributed by atoms with Crippen molar-refractivity contribution in [3.05, 3.63) is 47.2 Å². The van der Waals surface area contributed by atoms with E-state index in [0.29, 0.717) is 5.69 Å². The number of nitrogens with zero attached hydrogens (tertiary/aromatic N) is 1. The summed E-state index contributed by atoms with van der Waals surface area (Å²) in [5.41, 5.74) is 10.8. The highest BCUT2D eigenvalue weighted by Gasteiger charge is 2.21. The number of pyridine rings is 1. The fraction of sp³-hybridized carbons (Fsp3) is 0.381. The van der Waals surface area contributed by atoms with Crippen molar-refractivity contribution in [2.24, 2.45) is 0 Å². The van der Waals surface area contributed by atoms with Gasteiger partial charge >= 0.3 is 0 Å². The molecule has 2 aromatic heterocycles. The van der Waals surface area contributed by atoms with E-state index in [1.807, 2.05) is 12.1 Å². The highest BCUT2D eigenvalue weighted by molar-refractivity contribution is 7.87. The summed E-state index contributed by atoms with van der Waals surface area (Å²) in [6.07, 6.45) is 4.52. The monoisotopic (exact) mass is 384 g/mol. The predicted octanol–water partition coefficient (Wildman–Crippen LogP) is 5.22. The molecule has 3 aromatic rings. The minimum Gasteiger partial charge on any atom is -0.396 e. The lowest BCUT2D eigenvalue weighted by Crippen LogP contribution is -2.10. The van der Waals surface area contributed by atoms with Crippen molar-refractivity contribution < 1.29 is 4.21 Å². The molecule has 0 amide bonds.